The van der Waals surface area contributed by atoms with Gasteiger partial charge in [-0.1, -0.05) is 0 Å². The summed E-state index contributed by atoms with van der Waals surface area (Å²) in [6.07, 6.45) is 0.845. The Labute approximate surface area is 136 Å². The lowest BCUT2D eigenvalue weighted by Crippen LogP contribution is -2.39. The highest BCUT2D eigenvalue weighted by Gasteiger charge is 2.33. The largest absolute Gasteiger partial charge is 0.472 e. The van der Waals surface area contributed by atoms with E-state index in [2.05, 4.69) is 4.98 Å². The van der Waals surface area contributed by atoms with Crippen LogP contribution in [0.2, 0.25) is 0 Å². The summed E-state index contributed by atoms with van der Waals surface area (Å²) < 4.78 is 39.0. The van der Waals surface area contributed by atoms with Gasteiger partial charge >= 0.3 is 5.69 Å². The summed E-state index contributed by atoms with van der Waals surface area (Å²) in [6.45, 7) is 1.53. The minimum atomic E-state index is -0.697. The van der Waals surface area contributed by atoms with Crippen LogP contribution in [0, 0.1) is 11.6 Å². The summed E-state index contributed by atoms with van der Waals surface area (Å²) >= 11 is 0. The number of anilines is 1. The van der Waals surface area contributed by atoms with E-state index < -0.39 is 17.3 Å². The van der Waals surface area contributed by atoms with Gasteiger partial charge in [-0.3, -0.25) is 4.57 Å². The molecule has 3 heterocycles. The zero-order valence-corrected chi connectivity index (χ0v) is 12.7. The molecule has 0 radical (unpaired) electrons. The third-order valence-electron chi connectivity index (χ3n) is 4.31. The van der Waals surface area contributed by atoms with Crippen molar-refractivity contribution in [2.45, 2.75) is 25.6 Å². The lowest BCUT2D eigenvalue weighted by molar-refractivity contribution is 0.0903. The van der Waals surface area contributed by atoms with Crippen molar-refractivity contribution in [1.82, 2.24) is 9.55 Å². The fourth-order valence-corrected chi connectivity index (χ4v) is 3.04. The molecule has 2 aromatic rings. The number of fused-ring (bicyclic) bond motifs is 3. The highest BCUT2D eigenvalue weighted by molar-refractivity contribution is 5.46. The van der Waals surface area contributed by atoms with E-state index in [-0.39, 0.29) is 24.1 Å². The molecule has 1 saturated heterocycles. The standard InChI is InChI=1S/C16H15F2N3O3/c17-11-2-1-10(13(18)5-11)8-24-14-6-15-20(16(22)19-14)7-12-3-4-23-9-21(12)15/h1-2,5-6,12H,3-4,7-9H2/t12-/m1/s1. The van der Waals surface area contributed by atoms with Gasteiger partial charge < -0.3 is 14.4 Å². The molecule has 2 aliphatic rings. The molecular weight excluding hydrogens is 320 g/mol. The highest BCUT2D eigenvalue weighted by atomic mass is 19.1. The van der Waals surface area contributed by atoms with Crippen LogP contribution in [0.25, 0.3) is 0 Å². The van der Waals surface area contributed by atoms with Gasteiger partial charge in [0, 0.05) is 24.2 Å². The molecule has 0 unspecified atom stereocenters. The number of aromatic nitrogens is 2. The average Bonchev–Trinajstić information content (AvgIpc) is 2.94. The SMILES string of the molecule is O=c1nc(OCc2ccc(F)cc2F)cc2n1C[C@H]1CCOCN21. The number of benzene rings is 1. The van der Waals surface area contributed by atoms with Crippen molar-refractivity contribution >= 4 is 5.82 Å². The van der Waals surface area contributed by atoms with Gasteiger partial charge in [0.25, 0.3) is 0 Å². The summed E-state index contributed by atoms with van der Waals surface area (Å²) in [5, 5.41) is 0. The van der Waals surface area contributed by atoms with Crippen molar-refractivity contribution in [3.05, 3.63) is 51.9 Å². The quantitative estimate of drug-likeness (QED) is 0.854. The number of halogens is 2. The molecule has 0 spiro atoms. The molecule has 1 atom stereocenters. The summed E-state index contributed by atoms with van der Waals surface area (Å²) in [5.74, 6) is -0.547. The van der Waals surface area contributed by atoms with E-state index in [1.54, 1.807) is 10.6 Å². The average molecular weight is 335 g/mol. The first-order valence-corrected chi connectivity index (χ1v) is 7.65. The first-order valence-electron chi connectivity index (χ1n) is 7.65. The number of nitrogens with zero attached hydrogens (tertiary/aromatic N) is 3. The van der Waals surface area contributed by atoms with Crippen LogP contribution in [-0.2, 0) is 17.9 Å². The molecule has 0 bridgehead atoms. The molecule has 1 aromatic carbocycles. The zero-order valence-electron chi connectivity index (χ0n) is 12.7. The molecule has 0 amide bonds. The first kappa shape index (κ1) is 15.1. The maximum absolute atomic E-state index is 13.6. The lowest BCUT2D eigenvalue weighted by atomic mass is 10.2. The van der Waals surface area contributed by atoms with E-state index in [1.807, 2.05) is 4.90 Å². The molecule has 1 fully saturated rings. The Hall–Kier alpha value is -2.48. The monoisotopic (exact) mass is 335 g/mol. The van der Waals surface area contributed by atoms with E-state index in [1.165, 1.54) is 6.07 Å². The van der Waals surface area contributed by atoms with Gasteiger partial charge in [0.2, 0.25) is 5.88 Å². The van der Waals surface area contributed by atoms with Crippen LogP contribution in [0.5, 0.6) is 5.88 Å². The first-order chi connectivity index (χ1) is 11.6. The summed E-state index contributed by atoms with van der Waals surface area (Å²) in [7, 11) is 0. The second-order valence-electron chi connectivity index (χ2n) is 5.82. The van der Waals surface area contributed by atoms with Gasteiger partial charge in [0.15, 0.2) is 0 Å². The van der Waals surface area contributed by atoms with Crippen molar-refractivity contribution in [2.24, 2.45) is 0 Å². The highest BCUT2D eigenvalue weighted by Crippen LogP contribution is 2.30. The Morgan fingerprint density at radius 3 is 3.04 bits per heavy atom. The molecular formula is C16H15F2N3O3. The van der Waals surface area contributed by atoms with Gasteiger partial charge in [0.05, 0.1) is 12.6 Å². The maximum atomic E-state index is 13.6. The number of hydrogen-bond donors (Lipinski definition) is 0. The normalized spacial score (nSPS) is 19.1. The Kier molecular flexibility index (Phi) is 3.68. The van der Waals surface area contributed by atoms with Crippen LogP contribution in [0.4, 0.5) is 14.6 Å². The van der Waals surface area contributed by atoms with Crippen LogP contribution in [0.1, 0.15) is 12.0 Å². The minimum Gasteiger partial charge on any atom is -0.472 e. The maximum Gasteiger partial charge on any atom is 0.352 e. The Morgan fingerprint density at radius 2 is 2.21 bits per heavy atom. The van der Waals surface area contributed by atoms with Crippen molar-refractivity contribution < 1.29 is 18.3 Å². The molecule has 1 aromatic heterocycles. The molecule has 6 nitrogen and oxygen atoms in total. The van der Waals surface area contributed by atoms with Crippen molar-refractivity contribution in [2.75, 3.05) is 18.2 Å². The Balaban J connectivity index is 1.57. The molecule has 4 rings (SSSR count). The summed E-state index contributed by atoms with van der Waals surface area (Å²) in [5.41, 5.74) is -0.213. The number of hydrogen-bond acceptors (Lipinski definition) is 5. The predicted molar refractivity (Wildman–Crippen MR) is 80.9 cm³/mol. The van der Waals surface area contributed by atoms with Crippen molar-refractivity contribution in [3.8, 4) is 5.88 Å². The van der Waals surface area contributed by atoms with Crippen LogP contribution >= 0.6 is 0 Å². The molecule has 126 valence electrons. The van der Waals surface area contributed by atoms with E-state index in [4.69, 9.17) is 9.47 Å². The van der Waals surface area contributed by atoms with Gasteiger partial charge in [-0.05, 0) is 18.6 Å². The molecule has 0 aliphatic carbocycles. The second-order valence-corrected chi connectivity index (χ2v) is 5.82. The van der Waals surface area contributed by atoms with E-state index in [0.717, 1.165) is 18.6 Å². The van der Waals surface area contributed by atoms with Crippen molar-refractivity contribution in [3.63, 3.8) is 0 Å². The van der Waals surface area contributed by atoms with Crippen molar-refractivity contribution in [1.29, 1.82) is 0 Å². The van der Waals surface area contributed by atoms with Gasteiger partial charge in [0.1, 0.15) is 30.8 Å². The third kappa shape index (κ3) is 2.62. The van der Waals surface area contributed by atoms with Crippen LogP contribution in [0.15, 0.2) is 29.1 Å². The van der Waals surface area contributed by atoms with Gasteiger partial charge in [-0.15, -0.1) is 0 Å². The molecule has 8 heteroatoms. The van der Waals surface area contributed by atoms with Crippen LogP contribution in [0.3, 0.4) is 0 Å². The Morgan fingerprint density at radius 1 is 1.33 bits per heavy atom. The zero-order chi connectivity index (χ0) is 16.7. The smallest absolute Gasteiger partial charge is 0.352 e. The lowest BCUT2D eigenvalue weighted by Gasteiger charge is -2.30. The van der Waals surface area contributed by atoms with E-state index in [9.17, 15) is 13.6 Å². The van der Waals surface area contributed by atoms with Crippen LogP contribution < -0.4 is 15.3 Å². The summed E-state index contributed by atoms with van der Waals surface area (Å²) in [4.78, 5) is 18.1. The Bertz CT molecular complexity index is 840. The number of ether oxygens (including phenoxy) is 2. The number of rotatable bonds is 3. The van der Waals surface area contributed by atoms with E-state index >= 15 is 0 Å². The predicted octanol–water partition coefficient (Wildman–Crippen LogP) is 1.67. The fourth-order valence-electron chi connectivity index (χ4n) is 3.04. The fraction of sp³-hybridized carbons (Fsp3) is 0.375. The molecule has 2 aliphatic heterocycles. The molecule has 0 saturated carbocycles. The second kappa shape index (κ2) is 5.86. The third-order valence-corrected chi connectivity index (χ3v) is 4.31. The van der Waals surface area contributed by atoms with E-state index in [0.29, 0.717) is 25.7 Å². The topological polar surface area (TPSA) is 56.6 Å². The van der Waals surface area contributed by atoms with Gasteiger partial charge in [-0.2, -0.15) is 4.98 Å². The molecule has 0 N–H and O–H groups in total. The molecule has 24 heavy (non-hydrogen) atoms. The van der Waals surface area contributed by atoms with Crippen LogP contribution in [-0.4, -0.2) is 28.9 Å². The van der Waals surface area contributed by atoms with Gasteiger partial charge in [-0.25, -0.2) is 13.6 Å². The minimum absolute atomic E-state index is 0.112. The summed E-state index contributed by atoms with van der Waals surface area (Å²) in [6, 6.07) is 5.12.